The number of hydrogen-bond acceptors (Lipinski definition) is 3. The fourth-order valence-corrected chi connectivity index (χ4v) is 4.66. The fraction of sp³-hybridized carbons (Fsp3) is 0.462. The number of hydrogen-bond donors (Lipinski definition) is 1. The molecular formula is C26H30O3. The first-order valence-electron chi connectivity index (χ1n) is 10.8. The number of aliphatic hydroxyl groups excluding tert-OH is 1. The second-order valence-corrected chi connectivity index (χ2v) is 8.34. The van der Waals surface area contributed by atoms with E-state index in [0.29, 0.717) is 6.42 Å². The number of benzene rings is 2. The predicted molar refractivity (Wildman–Crippen MR) is 115 cm³/mol. The molecule has 2 fully saturated rings. The summed E-state index contributed by atoms with van der Waals surface area (Å²) in [5, 5.41) is 10.5. The van der Waals surface area contributed by atoms with Gasteiger partial charge in [-0.2, -0.15) is 0 Å². The van der Waals surface area contributed by atoms with Crippen LogP contribution in [0.3, 0.4) is 0 Å². The van der Waals surface area contributed by atoms with E-state index in [4.69, 9.17) is 9.47 Å². The molecule has 0 radical (unpaired) electrons. The molecule has 2 aromatic rings. The van der Waals surface area contributed by atoms with Crippen LogP contribution in [0.2, 0.25) is 0 Å². The van der Waals surface area contributed by atoms with Gasteiger partial charge in [0, 0.05) is 5.56 Å². The van der Waals surface area contributed by atoms with Crippen LogP contribution in [0, 0.1) is 11.8 Å². The predicted octanol–water partition coefficient (Wildman–Crippen LogP) is 5.24. The van der Waals surface area contributed by atoms with Gasteiger partial charge in [-0.25, -0.2) is 0 Å². The van der Waals surface area contributed by atoms with Crippen molar-refractivity contribution in [2.45, 2.75) is 69.0 Å². The SMILES string of the molecule is COc1ccc([C@@]2(C#Cc3ccccc3)CCC[C@@H](O)C2)cc1OC1CCCC1. The molecule has 3 heteroatoms. The summed E-state index contributed by atoms with van der Waals surface area (Å²) in [7, 11) is 1.69. The maximum atomic E-state index is 10.5. The number of rotatable bonds is 4. The highest BCUT2D eigenvalue weighted by molar-refractivity contribution is 5.50. The molecular weight excluding hydrogens is 360 g/mol. The van der Waals surface area contributed by atoms with Gasteiger partial charge in [-0.3, -0.25) is 0 Å². The van der Waals surface area contributed by atoms with Gasteiger partial charge >= 0.3 is 0 Å². The molecule has 0 saturated heterocycles. The minimum absolute atomic E-state index is 0.266. The zero-order valence-corrected chi connectivity index (χ0v) is 17.2. The van der Waals surface area contributed by atoms with Gasteiger partial charge < -0.3 is 14.6 Å². The Kier molecular flexibility index (Phi) is 6.11. The van der Waals surface area contributed by atoms with Crippen LogP contribution in [0.1, 0.15) is 62.5 Å². The number of ether oxygens (including phenoxy) is 2. The standard InChI is InChI=1S/C26H30O3/c1-28-24-14-13-21(18-25(24)29-23-11-5-6-12-23)26(16-7-10-22(27)19-26)17-15-20-8-3-2-4-9-20/h2-4,8-9,13-14,18,22-23,27H,5-7,10-12,16,19H2,1H3/t22-,26-/m1/s1. The van der Waals surface area contributed by atoms with Gasteiger partial charge in [-0.15, -0.1) is 0 Å². The van der Waals surface area contributed by atoms with Gasteiger partial charge in [-0.05, 0) is 81.2 Å². The lowest BCUT2D eigenvalue weighted by atomic mass is 9.69. The molecule has 0 aliphatic heterocycles. The van der Waals surface area contributed by atoms with E-state index in [1.165, 1.54) is 12.8 Å². The average molecular weight is 391 g/mol. The summed E-state index contributed by atoms with van der Waals surface area (Å²) in [6, 6.07) is 16.3. The van der Waals surface area contributed by atoms with Crippen LogP contribution in [0.15, 0.2) is 48.5 Å². The topological polar surface area (TPSA) is 38.7 Å². The van der Waals surface area contributed by atoms with Crippen molar-refractivity contribution in [2.24, 2.45) is 0 Å². The van der Waals surface area contributed by atoms with E-state index < -0.39 is 0 Å². The second-order valence-electron chi connectivity index (χ2n) is 8.34. The summed E-state index contributed by atoms with van der Waals surface area (Å²) < 4.78 is 11.9. The molecule has 0 spiro atoms. The van der Waals surface area contributed by atoms with Crippen molar-refractivity contribution < 1.29 is 14.6 Å². The van der Waals surface area contributed by atoms with Crippen molar-refractivity contribution >= 4 is 0 Å². The van der Waals surface area contributed by atoms with Crippen LogP contribution in [0.25, 0.3) is 0 Å². The van der Waals surface area contributed by atoms with Crippen molar-refractivity contribution in [3.05, 3.63) is 59.7 Å². The van der Waals surface area contributed by atoms with E-state index in [1.807, 2.05) is 36.4 Å². The molecule has 0 heterocycles. The Labute approximate surface area is 174 Å². The quantitative estimate of drug-likeness (QED) is 0.726. The lowest BCUT2D eigenvalue weighted by Crippen LogP contribution is -2.34. The largest absolute Gasteiger partial charge is 0.493 e. The molecule has 4 rings (SSSR count). The van der Waals surface area contributed by atoms with Gasteiger partial charge in [-0.1, -0.05) is 36.1 Å². The van der Waals surface area contributed by atoms with Crippen LogP contribution < -0.4 is 9.47 Å². The Morgan fingerprint density at radius 2 is 1.76 bits per heavy atom. The molecule has 29 heavy (non-hydrogen) atoms. The van der Waals surface area contributed by atoms with Gasteiger partial charge in [0.1, 0.15) is 0 Å². The summed E-state index contributed by atoms with van der Waals surface area (Å²) in [6.07, 6.45) is 8.01. The Balaban J connectivity index is 1.71. The zero-order chi connectivity index (χ0) is 20.1. The molecule has 0 amide bonds. The first-order valence-corrected chi connectivity index (χ1v) is 10.8. The van der Waals surface area contributed by atoms with E-state index >= 15 is 0 Å². The van der Waals surface area contributed by atoms with Crippen molar-refractivity contribution in [1.29, 1.82) is 0 Å². The summed E-state index contributed by atoms with van der Waals surface area (Å²) in [6.45, 7) is 0. The minimum Gasteiger partial charge on any atom is -0.493 e. The van der Waals surface area contributed by atoms with Crippen LogP contribution in [0.5, 0.6) is 11.5 Å². The Morgan fingerprint density at radius 1 is 0.966 bits per heavy atom. The van der Waals surface area contributed by atoms with E-state index in [-0.39, 0.29) is 17.6 Å². The highest BCUT2D eigenvalue weighted by Crippen LogP contribution is 2.43. The van der Waals surface area contributed by atoms with E-state index in [9.17, 15) is 5.11 Å². The number of aliphatic hydroxyl groups is 1. The molecule has 0 bridgehead atoms. The molecule has 152 valence electrons. The number of methoxy groups -OCH3 is 1. The average Bonchev–Trinajstić information content (AvgIpc) is 3.26. The van der Waals surface area contributed by atoms with Gasteiger partial charge in [0.05, 0.1) is 24.7 Å². The molecule has 1 N–H and O–H groups in total. The maximum absolute atomic E-state index is 10.5. The third-order valence-electron chi connectivity index (χ3n) is 6.26. The van der Waals surface area contributed by atoms with Gasteiger partial charge in [0.2, 0.25) is 0 Å². The monoisotopic (exact) mass is 390 g/mol. The van der Waals surface area contributed by atoms with Crippen LogP contribution in [-0.2, 0) is 5.41 Å². The molecule has 2 aromatic carbocycles. The molecule has 2 saturated carbocycles. The van der Waals surface area contributed by atoms with Crippen molar-refractivity contribution in [3.8, 4) is 23.3 Å². The first-order chi connectivity index (χ1) is 14.2. The summed E-state index contributed by atoms with van der Waals surface area (Å²) in [5.74, 6) is 8.48. The first kappa shape index (κ1) is 19.9. The molecule has 0 unspecified atom stereocenters. The van der Waals surface area contributed by atoms with Crippen molar-refractivity contribution in [1.82, 2.24) is 0 Å². The van der Waals surface area contributed by atoms with Crippen molar-refractivity contribution in [2.75, 3.05) is 7.11 Å². The van der Waals surface area contributed by atoms with E-state index in [0.717, 1.165) is 54.7 Å². The van der Waals surface area contributed by atoms with Crippen LogP contribution in [0.4, 0.5) is 0 Å². The summed E-state index contributed by atoms with van der Waals surface area (Å²) >= 11 is 0. The second kappa shape index (κ2) is 8.93. The maximum Gasteiger partial charge on any atom is 0.161 e. The molecule has 2 aliphatic carbocycles. The molecule has 2 aliphatic rings. The highest BCUT2D eigenvalue weighted by Gasteiger charge is 2.37. The third-order valence-corrected chi connectivity index (χ3v) is 6.26. The van der Waals surface area contributed by atoms with E-state index in [1.54, 1.807) is 7.11 Å². The third kappa shape index (κ3) is 4.60. The molecule has 2 atom stereocenters. The highest BCUT2D eigenvalue weighted by atomic mass is 16.5. The van der Waals surface area contributed by atoms with Crippen molar-refractivity contribution in [3.63, 3.8) is 0 Å². The Morgan fingerprint density at radius 3 is 2.48 bits per heavy atom. The van der Waals surface area contributed by atoms with Gasteiger partial charge in [0.25, 0.3) is 0 Å². The van der Waals surface area contributed by atoms with Gasteiger partial charge in [0.15, 0.2) is 11.5 Å². The summed E-state index contributed by atoms with van der Waals surface area (Å²) in [5.41, 5.74) is 1.75. The smallest absolute Gasteiger partial charge is 0.161 e. The normalized spacial score (nSPS) is 24.6. The lowest BCUT2D eigenvalue weighted by molar-refractivity contribution is 0.103. The summed E-state index contributed by atoms with van der Waals surface area (Å²) in [4.78, 5) is 0. The zero-order valence-electron chi connectivity index (χ0n) is 17.2. The van der Waals surface area contributed by atoms with E-state index in [2.05, 4.69) is 24.0 Å². The molecule has 0 aromatic heterocycles. The molecule has 3 nitrogen and oxygen atoms in total. The fourth-order valence-electron chi connectivity index (χ4n) is 4.66. The Bertz CT molecular complexity index is 874. The Hall–Kier alpha value is -2.44. The van der Waals surface area contributed by atoms with Crippen LogP contribution >= 0.6 is 0 Å². The van der Waals surface area contributed by atoms with Crippen LogP contribution in [-0.4, -0.2) is 24.4 Å². The lowest BCUT2D eigenvalue weighted by Gasteiger charge is -2.36. The minimum atomic E-state index is -0.367.